The summed E-state index contributed by atoms with van der Waals surface area (Å²) in [7, 11) is 3.91. The normalized spacial score (nSPS) is 10.1. The molecule has 0 saturated carbocycles. The highest BCUT2D eigenvalue weighted by atomic mass is 16.3. The summed E-state index contributed by atoms with van der Waals surface area (Å²) in [5.74, 6) is 0.120. The number of carbonyl (C=O) groups excluding carboxylic acids is 1. The zero-order valence-corrected chi connectivity index (χ0v) is 10.4. The second-order valence-corrected chi connectivity index (χ2v) is 4.32. The van der Waals surface area contributed by atoms with Crippen molar-refractivity contribution in [3.8, 4) is 5.75 Å². The summed E-state index contributed by atoms with van der Waals surface area (Å²) in [5, 5.41) is 9.19. The molecule has 0 bridgehead atoms. The molecular formula is C15H15NO2. The van der Waals surface area contributed by atoms with Crippen LogP contribution in [-0.4, -0.2) is 25.0 Å². The topological polar surface area (TPSA) is 40.5 Å². The van der Waals surface area contributed by atoms with Gasteiger partial charge in [-0.05, 0) is 48.5 Å². The number of ketones is 1. The maximum Gasteiger partial charge on any atom is 0.193 e. The molecule has 1 N–H and O–H groups in total. The third-order valence-corrected chi connectivity index (χ3v) is 2.78. The Morgan fingerprint density at radius 3 is 1.78 bits per heavy atom. The van der Waals surface area contributed by atoms with Gasteiger partial charge < -0.3 is 10.0 Å². The van der Waals surface area contributed by atoms with E-state index < -0.39 is 0 Å². The van der Waals surface area contributed by atoms with Gasteiger partial charge in [0.1, 0.15) is 5.75 Å². The molecule has 0 unspecified atom stereocenters. The molecule has 2 rings (SSSR count). The number of anilines is 1. The van der Waals surface area contributed by atoms with Gasteiger partial charge in [-0.1, -0.05) is 0 Å². The van der Waals surface area contributed by atoms with Crippen LogP contribution in [0.5, 0.6) is 5.75 Å². The number of phenolic OH excluding ortho intramolecular Hbond substituents is 1. The average Bonchev–Trinajstić information content (AvgIpc) is 2.39. The molecule has 2 aromatic rings. The Hall–Kier alpha value is -2.29. The fourth-order valence-corrected chi connectivity index (χ4v) is 1.69. The highest BCUT2D eigenvalue weighted by Gasteiger charge is 2.08. The van der Waals surface area contributed by atoms with Crippen molar-refractivity contribution in [2.45, 2.75) is 0 Å². The first-order valence-corrected chi connectivity index (χ1v) is 5.69. The van der Waals surface area contributed by atoms with Crippen molar-refractivity contribution in [1.29, 1.82) is 0 Å². The summed E-state index contributed by atoms with van der Waals surface area (Å²) in [5.41, 5.74) is 2.27. The van der Waals surface area contributed by atoms with Gasteiger partial charge in [0, 0.05) is 30.9 Å². The van der Waals surface area contributed by atoms with Gasteiger partial charge >= 0.3 is 0 Å². The maximum atomic E-state index is 12.1. The van der Waals surface area contributed by atoms with Gasteiger partial charge in [-0.15, -0.1) is 0 Å². The van der Waals surface area contributed by atoms with Crippen molar-refractivity contribution in [3.63, 3.8) is 0 Å². The minimum atomic E-state index is -0.0414. The van der Waals surface area contributed by atoms with Crippen molar-refractivity contribution >= 4 is 11.5 Å². The van der Waals surface area contributed by atoms with Gasteiger partial charge in [0.25, 0.3) is 0 Å². The van der Waals surface area contributed by atoms with Crippen LogP contribution in [0.1, 0.15) is 15.9 Å². The summed E-state index contributed by atoms with van der Waals surface area (Å²) in [6.45, 7) is 0. The smallest absolute Gasteiger partial charge is 0.193 e. The molecule has 0 amide bonds. The molecule has 3 nitrogen and oxygen atoms in total. The SMILES string of the molecule is CN(C)c1ccc(C(=O)c2ccc(O)cc2)cc1. The van der Waals surface area contributed by atoms with Crippen molar-refractivity contribution in [2.24, 2.45) is 0 Å². The molecular weight excluding hydrogens is 226 g/mol. The van der Waals surface area contributed by atoms with Gasteiger partial charge in [0.15, 0.2) is 5.78 Å². The lowest BCUT2D eigenvalue weighted by Gasteiger charge is -2.12. The van der Waals surface area contributed by atoms with E-state index in [-0.39, 0.29) is 11.5 Å². The monoisotopic (exact) mass is 241 g/mol. The fourth-order valence-electron chi connectivity index (χ4n) is 1.69. The van der Waals surface area contributed by atoms with Crippen molar-refractivity contribution in [3.05, 3.63) is 59.7 Å². The van der Waals surface area contributed by atoms with E-state index in [1.165, 1.54) is 12.1 Å². The highest BCUT2D eigenvalue weighted by molar-refractivity contribution is 6.09. The van der Waals surface area contributed by atoms with E-state index >= 15 is 0 Å². The van der Waals surface area contributed by atoms with E-state index in [1.54, 1.807) is 12.1 Å². The summed E-state index contributed by atoms with van der Waals surface area (Å²) >= 11 is 0. The molecule has 18 heavy (non-hydrogen) atoms. The van der Waals surface area contributed by atoms with E-state index in [0.717, 1.165) is 5.69 Å². The van der Waals surface area contributed by atoms with Gasteiger partial charge in [-0.3, -0.25) is 4.79 Å². The van der Waals surface area contributed by atoms with Crippen LogP contribution in [0.3, 0.4) is 0 Å². The Kier molecular flexibility index (Phi) is 3.33. The number of benzene rings is 2. The van der Waals surface area contributed by atoms with Crippen LogP contribution < -0.4 is 4.90 Å². The number of rotatable bonds is 3. The van der Waals surface area contributed by atoms with Crippen LogP contribution in [0.4, 0.5) is 5.69 Å². The Morgan fingerprint density at radius 2 is 1.33 bits per heavy atom. The zero-order valence-electron chi connectivity index (χ0n) is 10.4. The molecule has 0 aliphatic carbocycles. The predicted octanol–water partition coefficient (Wildman–Crippen LogP) is 2.69. The zero-order chi connectivity index (χ0) is 13.1. The van der Waals surface area contributed by atoms with Gasteiger partial charge in [0.2, 0.25) is 0 Å². The molecule has 3 heteroatoms. The lowest BCUT2D eigenvalue weighted by molar-refractivity contribution is 0.103. The predicted molar refractivity (Wildman–Crippen MR) is 72.3 cm³/mol. The standard InChI is InChI=1S/C15H15NO2/c1-16(2)13-7-3-11(4-8-13)15(18)12-5-9-14(17)10-6-12/h3-10,17H,1-2H3. The Morgan fingerprint density at radius 1 is 0.889 bits per heavy atom. The minimum Gasteiger partial charge on any atom is -0.508 e. The molecule has 0 aromatic heterocycles. The molecule has 0 atom stereocenters. The Bertz CT molecular complexity index is 542. The van der Waals surface area contributed by atoms with Crippen LogP contribution >= 0.6 is 0 Å². The molecule has 92 valence electrons. The summed E-state index contributed by atoms with van der Waals surface area (Å²) in [6.07, 6.45) is 0. The molecule has 0 aliphatic heterocycles. The Balaban J connectivity index is 2.26. The number of hydrogen-bond acceptors (Lipinski definition) is 3. The average molecular weight is 241 g/mol. The maximum absolute atomic E-state index is 12.1. The van der Waals surface area contributed by atoms with E-state index in [9.17, 15) is 9.90 Å². The van der Waals surface area contributed by atoms with Crippen molar-refractivity contribution in [1.82, 2.24) is 0 Å². The second kappa shape index (κ2) is 4.92. The lowest BCUT2D eigenvalue weighted by atomic mass is 10.0. The highest BCUT2D eigenvalue weighted by Crippen LogP contribution is 2.17. The van der Waals surface area contributed by atoms with E-state index in [1.807, 2.05) is 43.3 Å². The molecule has 0 aliphatic rings. The molecule has 0 fully saturated rings. The van der Waals surface area contributed by atoms with E-state index in [0.29, 0.717) is 11.1 Å². The first-order chi connectivity index (χ1) is 8.58. The first kappa shape index (κ1) is 12.2. The fraction of sp³-hybridized carbons (Fsp3) is 0.133. The number of hydrogen-bond donors (Lipinski definition) is 1. The van der Waals surface area contributed by atoms with Gasteiger partial charge in [-0.2, -0.15) is 0 Å². The van der Waals surface area contributed by atoms with Crippen LogP contribution in [0.15, 0.2) is 48.5 Å². The molecule has 0 heterocycles. The summed E-state index contributed by atoms with van der Waals surface area (Å²) in [4.78, 5) is 14.1. The van der Waals surface area contributed by atoms with Crippen LogP contribution in [0, 0.1) is 0 Å². The number of nitrogens with zero attached hydrogens (tertiary/aromatic N) is 1. The number of aromatic hydroxyl groups is 1. The van der Waals surface area contributed by atoms with Crippen LogP contribution in [0.2, 0.25) is 0 Å². The number of carbonyl (C=O) groups is 1. The molecule has 2 aromatic carbocycles. The minimum absolute atomic E-state index is 0.0414. The van der Waals surface area contributed by atoms with Crippen LogP contribution in [0.25, 0.3) is 0 Å². The molecule has 0 radical (unpaired) electrons. The summed E-state index contributed by atoms with van der Waals surface area (Å²) in [6, 6.07) is 13.7. The molecule has 0 spiro atoms. The second-order valence-electron chi connectivity index (χ2n) is 4.32. The number of phenols is 1. The van der Waals surface area contributed by atoms with E-state index in [4.69, 9.17) is 0 Å². The lowest BCUT2D eigenvalue weighted by Crippen LogP contribution is -2.09. The molecule has 0 saturated heterocycles. The third kappa shape index (κ3) is 2.51. The van der Waals surface area contributed by atoms with Gasteiger partial charge in [0.05, 0.1) is 0 Å². The van der Waals surface area contributed by atoms with Crippen molar-refractivity contribution in [2.75, 3.05) is 19.0 Å². The third-order valence-electron chi connectivity index (χ3n) is 2.78. The van der Waals surface area contributed by atoms with Gasteiger partial charge in [-0.25, -0.2) is 0 Å². The van der Waals surface area contributed by atoms with E-state index in [2.05, 4.69) is 0 Å². The van der Waals surface area contributed by atoms with Crippen molar-refractivity contribution < 1.29 is 9.90 Å². The summed E-state index contributed by atoms with van der Waals surface area (Å²) < 4.78 is 0. The Labute approximate surface area is 106 Å². The van der Waals surface area contributed by atoms with Crippen LogP contribution in [-0.2, 0) is 0 Å². The quantitative estimate of drug-likeness (QED) is 0.840. The largest absolute Gasteiger partial charge is 0.508 e. The first-order valence-electron chi connectivity index (χ1n) is 5.69.